The summed E-state index contributed by atoms with van der Waals surface area (Å²) in [4.78, 5) is 22.0. The summed E-state index contributed by atoms with van der Waals surface area (Å²) in [5.74, 6) is 1.66. The highest BCUT2D eigenvalue weighted by Gasteiger charge is 2.27. The molecule has 0 aliphatic carbocycles. The molecule has 0 radical (unpaired) electrons. The number of carbonyl (C=O) groups excluding carboxylic acids is 1. The molecule has 0 atom stereocenters. The van der Waals surface area contributed by atoms with Gasteiger partial charge in [0, 0.05) is 22.0 Å². The van der Waals surface area contributed by atoms with Crippen LogP contribution < -0.4 is 4.90 Å². The molecule has 4 heterocycles. The van der Waals surface area contributed by atoms with Crippen molar-refractivity contribution in [2.75, 3.05) is 10.7 Å². The molecule has 35 heavy (non-hydrogen) atoms. The summed E-state index contributed by atoms with van der Waals surface area (Å²) in [6.45, 7) is 0. The predicted molar refractivity (Wildman–Crippen MR) is 135 cm³/mol. The topological polar surface area (TPSA) is 85.3 Å². The zero-order valence-electron chi connectivity index (χ0n) is 18.3. The third kappa shape index (κ3) is 4.24. The van der Waals surface area contributed by atoms with Crippen molar-refractivity contribution in [1.82, 2.24) is 15.2 Å². The van der Waals surface area contributed by atoms with E-state index in [9.17, 15) is 4.79 Å². The van der Waals surface area contributed by atoms with Gasteiger partial charge in [0.1, 0.15) is 5.69 Å². The first kappa shape index (κ1) is 21.7. The Bertz CT molecular complexity index is 1440. The molecular formula is C26H18N4O3S2. The molecule has 0 bridgehead atoms. The lowest BCUT2D eigenvalue weighted by Crippen LogP contribution is -2.28. The normalized spacial score (nSPS) is 12.3. The SMILES string of the molecule is O=C(CCSc1nnc(-c2ccco2)c(-c2ccco2)n1)N1c2ccccc2Sc2ccccc21. The van der Waals surface area contributed by atoms with Gasteiger partial charge < -0.3 is 8.83 Å². The number of furan rings is 2. The van der Waals surface area contributed by atoms with Crippen LogP contribution in [-0.4, -0.2) is 26.8 Å². The van der Waals surface area contributed by atoms with Gasteiger partial charge in [0.15, 0.2) is 17.2 Å². The Balaban J connectivity index is 1.22. The van der Waals surface area contributed by atoms with Gasteiger partial charge in [-0.3, -0.25) is 9.69 Å². The minimum absolute atomic E-state index is 0.0177. The molecule has 1 aliphatic rings. The Labute approximate surface area is 209 Å². The number of benzene rings is 2. The van der Waals surface area contributed by atoms with Crippen molar-refractivity contribution in [3.8, 4) is 22.9 Å². The van der Waals surface area contributed by atoms with E-state index in [2.05, 4.69) is 15.2 Å². The molecule has 172 valence electrons. The number of hydrogen-bond donors (Lipinski definition) is 0. The molecule has 3 aromatic heterocycles. The van der Waals surface area contributed by atoms with E-state index >= 15 is 0 Å². The molecule has 0 fully saturated rings. The van der Waals surface area contributed by atoms with E-state index in [0.29, 0.717) is 40.2 Å². The molecule has 0 N–H and O–H groups in total. The number of amides is 1. The van der Waals surface area contributed by atoms with Gasteiger partial charge in [-0.05, 0) is 48.5 Å². The van der Waals surface area contributed by atoms with E-state index in [4.69, 9.17) is 8.83 Å². The van der Waals surface area contributed by atoms with Crippen molar-refractivity contribution in [1.29, 1.82) is 0 Å². The maximum absolute atomic E-state index is 13.4. The van der Waals surface area contributed by atoms with Gasteiger partial charge in [0.2, 0.25) is 11.1 Å². The maximum Gasteiger partial charge on any atom is 0.232 e. The van der Waals surface area contributed by atoms with Crippen LogP contribution in [0.15, 0.2) is 109 Å². The number of anilines is 2. The minimum atomic E-state index is 0.0177. The highest BCUT2D eigenvalue weighted by molar-refractivity contribution is 7.99. The third-order valence-electron chi connectivity index (χ3n) is 5.41. The number of fused-ring (bicyclic) bond motifs is 2. The molecule has 0 saturated heterocycles. The summed E-state index contributed by atoms with van der Waals surface area (Å²) in [6, 6.07) is 23.2. The number of aromatic nitrogens is 3. The number of nitrogens with zero attached hydrogens (tertiary/aromatic N) is 4. The lowest BCUT2D eigenvalue weighted by atomic mass is 10.2. The summed E-state index contributed by atoms with van der Waals surface area (Å²) in [7, 11) is 0. The molecule has 9 heteroatoms. The zero-order valence-corrected chi connectivity index (χ0v) is 20.0. The highest BCUT2D eigenvalue weighted by atomic mass is 32.2. The minimum Gasteiger partial charge on any atom is -0.463 e. The van der Waals surface area contributed by atoms with E-state index in [-0.39, 0.29) is 5.91 Å². The van der Waals surface area contributed by atoms with Gasteiger partial charge in [-0.1, -0.05) is 47.8 Å². The molecule has 1 aliphatic heterocycles. The van der Waals surface area contributed by atoms with Crippen LogP contribution in [0.1, 0.15) is 6.42 Å². The van der Waals surface area contributed by atoms with Crippen molar-refractivity contribution >= 4 is 40.8 Å². The van der Waals surface area contributed by atoms with E-state index in [1.165, 1.54) is 11.8 Å². The third-order valence-corrected chi connectivity index (χ3v) is 7.37. The molecule has 0 unspecified atom stereocenters. The van der Waals surface area contributed by atoms with Crippen molar-refractivity contribution in [2.24, 2.45) is 0 Å². The fourth-order valence-corrected chi connectivity index (χ4v) is 5.62. The Hall–Kier alpha value is -3.82. The number of hydrogen-bond acceptors (Lipinski definition) is 8. The van der Waals surface area contributed by atoms with Crippen molar-refractivity contribution in [3.63, 3.8) is 0 Å². The molecular weight excluding hydrogens is 480 g/mol. The van der Waals surface area contributed by atoms with Crippen LogP contribution in [0.5, 0.6) is 0 Å². The smallest absolute Gasteiger partial charge is 0.232 e. The maximum atomic E-state index is 13.4. The number of para-hydroxylation sites is 2. The Kier molecular flexibility index (Phi) is 5.85. The largest absolute Gasteiger partial charge is 0.463 e. The average molecular weight is 499 g/mol. The van der Waals surface area contributed by atoms with Crippen molar-refractivity contribution in [2.45, 2.75) is 21.4 Å². The van der Waals surface area contributed by atoms with Crippen LogP contribution in [0.2, 0.25) is 0 Å². The number of thioether (sulfide) groups is 1. The van der Waals surface area contributed by atoms with Crippen LogP contribution in [0.4, 0.5) is 11.4 Å². The molecule has 6 rings (SSSR count). The van der Waals surface area contributed by atoms with Crippen LogP contribution in [-0.2, 0) is 4.79 Å². The quantitative estimate of drug-likeness (QED) is 0.239. The van der Waals surface area contributed by atoms with Gasteiger partial charge in [-0.2, -0.15) is 0 Å². The number of carbonyl (C=O) groups is 1. The average Bonchev–Trinajstić information content (AvgIpc) is 3.62. The molecule has 0 spiro atoms. The van der Waals surface area contributed by atoms with Crippen molar-refractivity contribution < 1.29 is 13.6 Å². The van der Waals surface area contributed by atoms with Gasteiger partial charge >= 0.3 is 0 Å². The Morgan fingerprint density at radius 3 is 2.06 bits per heavy atom. The summed E-state index contributed by atoms with van der Waals surface area (Å²) in [5.41, 5.74) is 2.87. The molecule has 5 aromatic rings. The molecule has 1 amide bonds. The lowest BCUT2D eigenvalue weighted by molar-refractivity contribution is -0.117. The molecule has 2 aromatic carbocycles. The standard InChI is InChI=1S/C26H18N4O3S2/c31-23(30-17-7-1-3-11-21(17)35-22-12-4-2-8-18(22)30)13-16-34-26-27-24(19-9-5-14-32-19)25(28-29-26)20-10-6-15-33-20/h1-12,14-15H,13,16H2. The molecule has 0 saturated carbocycles. The predicted octanol–water partition coefficient (Wildman–Crippen LogP) is 6.70. The first-order chi connectivity index (χ1) is 17.3. The van der Waals surface area contributed by atoms with Gasteiger partial charge in [0.25, 0.3) is 0 Å². The summed E-state index contributed by atoms with van der Waals surface area (Å²) in [5, 5.41) is 9.06. The van der Waals surface area contributed by atoms with Gasteiger partial charge in [-0.25, -0.2) is 4.98 Å². The number of rotatable bonds is 6. The fourth-order valence-electron chi connectivity index (χ4n) is 3.85. The summed E-state index contributed by atoms with van der Waals surface area (Å²) >= 11 is 3.06. The Morgan fingerprint density at radius 1 is 0.800 bits per heavy atom. The van der Waals surface area contributed by atoms with Gasteiger partial charge in [0.05, 0.1) is 23.9 Å². The van der Waals surface area contributed by atoms with E-state index < -0.39 is 0 Å². The first-order valence-corrected chi connectivity index (χ1v) is 12.7. The van der Waals surface area contributed by atoms with Crippen LogP contribution in [0.25, 0.3) is 22.9 Å². The van der Waals surface area contributed by atoms with E-state index in [1.54, 1.807) is 42.5 Å². The van der Waals surface area contributed by atoms with Crippen LogP contribution in [0.3, 0.4) is 0 Å². The van der Waals surface area contributed by atoms with Crippen molar-refractivity contribution in [3.05, 3.63) is 85.3 Å². The lowest BCUT2D eigenvalue weighted by Gasteiger charge is -2.31. The fraction of sp³-hybridized carbons (Fsp3) is 0.0769. The van der Waals surface area contributed by atoms with Gasteiger partial charge in [-0.15, -0.1) is 10.2 Å². The zero-order chi connectivity index (χ0) is 23.6. The van der Waals surface area contributed by atoms with E-state index in [0.717, 1.165) is 21.2 Å². The second-order valence-electron chi connectivity index (χ2n) is 7.61. The van der Waals surface area contributed by atoms with Crippen LogP contribution >= 0.6 is 23.5 Å². The second-order valence-corrected chi connectivity index (χ2v) is 9.76. The highest BCUT2D eigenvalue weighted by Crippen LogP contribution is 2.48. The van der Waals surface area contributed by atoms with Crippen LogP contribution in [0, 0.1) is 0 Å². The second kappa shape index (κ2) is 9.44. The summed E-state index contributed by atoms with van der Waals surface area (Å²) < 4.78 is 11.1. The van der Waals surface area contributed by atoms with E-state index in [1.807, 2.05) is 59.5 Å². The molecule has 7 nitrogen and oxygen atoms in total. The first-order valence-electron chi connectivity index (χ1n) is 10.9. The monoisotopic (exact) mass is 498 g/mol. The Morgan fingerprint density at radius 2 is 1.43 bits per heavy atom. The summed E-state index contributed by atoms with van der Waals surface area (Å²) in [6.07, 6.45) is 3.48.